The number of aromatic amines is 1. The summed E-state index contributed by atoms with van der Waals surface area (Å²) < 4.78 is 0. The first kappa shape index (κ1) is 8.38. The summed E-state index contributed by atoms with van der Waals surface area (Å²) in [5.41, 5.74) is 4.39. The van der Waals surface area contributed by atoms with Crippen LogP contribution in [-0.2, 0) is 5.41 Å². The molecule has 1 rings (SSSR count). The van der Waals surface area contributed by atoms with Gasteiger partial charge in [0, 0.05) is 11.9 Å². The van der Waals surface area contributed by atoms with Crippen LogP contribution in [0.15, 0.2) is 6.20 Å². The van der Waals surface area contributed by atoms with Crippen LogP contribution in [-0.4, -0.2) is 4.98 Å². The lowest BCUT2D eigenvalue weighted by atomic mass is 9.86. The zero-order valence-corrected chi connectivity index (χ0v) is 8.08. The maximum atomic E-state index is 3.24. The van der Waals surface area contributed by atoms with Gasteiger partial charge in [0.2, 0.25) is 0 Å². The fourth-order valence-corrected chi connectivity index (χ4v) is 1.38. The molecule has 0 saturated heterocycles. The number of nitrogens with one attached hydrogen (secondary N) is 1. The Bertz CT molecular complexity index is 250. The van der Waals surface area contributed by atoms with E-state index < -0.39 is 0 Å². The van der Waals surface area contributed by atoms with Gasteiger partial charge >= 0.3 is 0 Å². The van der Waals surface area contributed by atoms with Gasteiger partial charge in [-0.05, 0) is 30.4 Å². The van der Waals surface area contributed by atoms with Gasteiger partial charge in [-0.15, -0.1) is 0 Å². The highest BCUT2D eigenvalue weighted by Gasteiger charge is 2.17. The summed E-state index contributed by atoms with van der Waals surface area (Å²) in [5, 5.41) is 0. The molecule has 1 aromatic heterocycles. The molecule has 1 nitrogen and oxygen atoms in total. The van der Waals surface area contributed by atoms with Gasteiger partial charge in [-0.25, -0.2) is 0 Å². The van der Waals surface area contributed by atoms with E-state index in [4.69, 9.17) is 0 Å². The van der Waals surface area contributed by atoms with Crippen LogP contribution < -0.4 is 0 Å². The highest BCUT2D eigenvalue weighted by molar-refractivity contribution is 5.33. The second kappa shape index (κ2) is 2.40. The third-order valence-corrected chi connectivity index (χ3v) is 2.21. The van der Waals surface area contributed by atoms with E-state index in [-0.39, 0.29) is 5.41 Å². The molecule has 0 aliphatic rings. The van der Waals surface area contributed by atoms with Crippen molar-refractivity contribution in [2.24, 2.45) is 0 Å². The first-order valence-corrected chi connectivity index (χ1v) is 4.08. The molecule has 0 atom stereocenters. The highest BCUT2D eigenvalue weighted by Crippen LogP contribution is 2.26. The Morgan fingerprint density at radius 3 is 1.91 bits per heavy atom. The minimum Gasteiger partial charge on any atom is -0.365 e. The molecule has 0 aliphatic carbocycles. The minimum absolute atomic E-state index is 0.273. The van der Waals surface area contributed by atoms with Crippen LogP contribution in [0.5, 0.6) is 0 Å². The van der Waals surface area contributed by atoms with Crippen molar-refractivity contribution in [2.45, 2.75) is 40.0 Å². The molecule has 62 valence electrons. The van der Waals surface area contributed by atoms with E-state index in [1.54, 1.807) is 0 Å². The van der Waals surface area contributed by atoms with Gasteiger partial charge in [0.1, 0.15) is 0 Å². The molecule has 1 aromatic rings. The number of H-pyrrole nitrogens is 1. The Labute approximate surface area is 68.8 Å². The van der Waals surface area contributed by atoms with Crippen LogP contribution in [0.2, 0.25) is 0 Å². The van der Waals surface area contributed by atoms with E-state index >= 15 is 0 Å². The molecule has 0 aromatic carbocycles. The Kier molecular flexibility index (Phi) is 1.83. The molecule has 0 radical (unpaired) electrons. The van der Waals surface area contributed by atoms with Crippen molar-refractivity contribution in [3.8, 4) is 0 Å². The molecule has 0 saturated carbocycles. The van der Waals surface area contributed by atoms with Crippen LogP contribution >= 0.6 is 0 Å². The van der Waals surface area contributed by atoms with Crippen molar-refractivity contribution in [1.29, 1.82) is 0 Å². The second-order valence-electron chi connectivity index (χ2n) is 4.20. The lowest BCUT2D eigenvalue weighted by Gasteiger charge is -2.18. The molecule has 0 amide bonds. The summed E-state index contributed by atoms with van der Waals surface area (Å²) in [6.45, 7) is 11.0. The Hall–Kier alpha value is -0.720. The quantitative estimate of drug-likeness (QED) is 0.586. The number of hydrogen-bond donors (Lipinski definition) is 1. The Morgan fingerprint density at radius 2 is 1.73 bits per heavy atom. The molecule has 0 aliphatic heterocycles. The van der Waals surface area contributed by atoms with Gasteiger partial charge in [0.25, 0.3) is 0 Å². The number of aryl methyl sites for hydroxylation is 1. The highest BCUT2D eigenvalue weighted by atomic mass is 14.7. The van der Waals surface area contributed by atoms with Crippen molar-refractivity contribution in [3.05, 3.63) is 23.0 Å². The number of hydrogen-bond acceptors (Lipinski definition) is 0. The zero-order valence-electron chi connectivity index (χ0n) is 8.08. The third kappa shape index (κ3) is 1.47. The lowest BCUT2D eigenvalue weighted by Crippen LogP contribution is -2.11. The molecule has 0 unspecified atom stereocenters. The average molecular weight is 151 g/mol. The molecule has 0 spiro atoms. The first-order chi connectivity index (χ1) is 4.93. The summed E-state index contributed by atoms with van der Waals surface area (Å²) in [6, 6.07) is 0. The van der Waals surface area contributed by atoms with Gasteiger partial charge in [-0.3, -0.25) is 0 Å². The van der Waals surface area contributed by atoms with Crippen molar-refractivity contribution in [1.82, 2.24) is 4.98 Å². The van der Waals surface area contributed by atoms with Gasteiger partial charge in [0.15, 0.2) is 0 Å². The van der Waals surface area contributed by atoms with Crippen LogP contribution in [0.3, 0.4) is 0 Å². The summed E-state index contributed by atoms with van der Waals surface area (Å²) in [6.07, 6.45) is 2.12. The molecule has 1 N–H and O–H groups in total. The van der Waals surface area contributed by atoms with Crippen molar-refractivity contribution < 1.29 is 0 Å². The van der Waals surface area contributed by atoms with Crippen molar-refractivity contribution >= 4 is 0 Å². The average Bonchev–Trinajstić information content (AvgIpc) is 2.11. The summed E-state index contributed by atoms with van der Waals surface area (Å²) in [5.74, 6) is 0. The first-order valence-electron chi connectivity index (χ1n) is 4.08. The van der Waals surface area contributed by atoms with Crippen LogP contribution in [0.25, 0.3) is 0 Å². The Balaban J connectivity index is 3.15. The summed E-state index contributed by atoms with van der Waals surface area (Å²) in [7, 11) is 0. The monoisotopic (exact) mass is 151 g/mol. The number of rotatable bonds is 0. The van der Waals surface area contributed by atoms with Crippen LogP contribution in [0, 0.1) is 13.8 Å². The van der Waals surface area contributed by atoms with Crippen LogP contribution in [0.1, 0.15) is 37.6 Å². The zero-order chi connectivity index (χ0) is 8.65. The van der Waals surface area contributed by atoms with E-state index in [9.17, 15) is 0 Å². The third-order valence-electron chi connectivity index (χ3n) is 2.21. The van der Waals surface area contributed by atoms with E-state index in [1.165, 1.54) is 16.8 Å². The van der Waals surface area contributed by atoms with E-state index in [2.05, 4.69) is 45.8 Å². The number of aromatic nitrogens is 1. The van der Waals surface area contributed by atoms with Gasteiger partial charge in [0.05, 0.1) is 0 Å². The van der Waals surface area contributed by atoms with Crippen molar-refractivity contribution in [2.75, 3.05) is 0 Å². The predicted molar refractivity (Wildman–Crippen MR) is 49.0 cm³/mol. The molecule has 1 heterocycles. The second-order valence-corrected chi connectivity index (χ2v) is 4.20. The standard InChI is InChI=1S/C10H17N/c1-7-8(2)11-6-9(7)10(3,4)5/h6,11H,1-5H3. The summed E-state index contributed by atoms with van der Waals surface area (Å²) >= 11 is 0. The van der Waals surface area contributed by atoms with Crippen molar-refractivity contribution in [3.63, 3.8) is 0 Å². The van der Waals surface area contributed by atoms with Gasteiger partial charge in [-0.1, -0.05) is 20.8 Å². The maximum Gasteiger partial charge on any atom is 0.0148 e. The minimum atomic E-state index is 0.273. The fourth-order valence-electron chi connectivity index (χ4n) is 1.38. The topological polar surface area (TPSA) is 15.8 Å². The fraction of sp³-hybridized carbons (Fsp3) is 0.600. The smallest absolute Gasteiger partial charge is 0.0148 e. The van der Waals surface area contributed by atoms with Gasteiger partial charge < -0.3 is 4.98 Å². The lowest BCUT2D eigenvalue weighted by molar-refractivity contribution is 0.587. The Morgan fingerprint density at radius 1 is 1.18 bits per heavy atom. The summed E-state index contributed by atoms with van der Waals surface area (Å²) in [4.78, 5) is 3.24. The molecular formula is C10H17N. The molecule has 11 heavy (non-hydrogen) atoms. The molecule has 1 heteroatoms. The SMILES string of the molecule is Cc1[nH]cc(C(C)(C)C)c1C. The molecule has 0 fully saturated rings. The van der Waals surface area contributed by atoms with Gasteiger partial charge in [-0.2, -0.15) is 0 Å². The molecular weight excluding hydrogens is 134 g/mol. The van der Waals surface area contributed by atoms with E-state index in [0.29, 0.717) is 0 Å². The van der Waals surface area contributed by atoms with Crippen LogP contribution in [0.4, 0.5) is 0 Å². The van der Waals surface area contributed by atoms with E-state index in [0.717, 1.165) is 0 Å². The normalized spacial score (nSPS) is 12.1. The predicted octanol–water partition coefficient (Wildman–Crippen LogP) is 2.93. The largest absolute Gasteiger partial charge is 0.365 e. The molecule has 0 bridgehead atoms. The van der Waals surface area contributed by atoms with E-state index in [1.807, 2.05) is 0 Å². The maximum absolute atomic E-state index is 3.24.